The van der Waals surface area contributed by atoms with Gasteiger partial charge in [0, 0.05) is 6.42 Å². The first-order valence-electron chi connectivity index (χ1n) is 4.31. The first-order valence-corrected chi connectivity index (χ1v) is 5.47. The summed E-state index contributed by atoms with van der Waals surface area (Å²) in [4.78, 5) is 0. The van der Waals surface area contributed by atoms with Crippen LogP contribution in [0.2, 0.25) is 0 Å². The van der Waals surface area contributed by atoms with Crippen LogP contribution in [0.5, 0.6) is 0 Å². The van der Waals surface area contributed by atoms with Gasteiger partial charge in [0.15, 0.2) is 0 Å². The molecule has 0 aromatic rings. The summed E-state index contributed by atoms with van der Waals surface area (Å²) in [7, 11) is 0. The Bertz CT molecular complexity index is 154. The minimum Gasteiger partial charge on any atom is -0.393 e. The molecule has 0 aliphatic carbocycles. The summed E-state index contributed by atoms with van der Waals surface area (Å²) in [5, 5.41) is 9.40. The first-order chi connectivity index (χ1) is 5.99. The fraction of sp³-hybridized carbons (Fsp3) is 1.00. The van der Waals surface area contributed by atoms with Crippen LogP contribution in [0.1, 0.15) is 19.3 Å². The molecule has 1 heterocycles. The van der Waals surface area contributed by atoms with E-state index in [1.807, 2.05) is 0 Å². The molecule has 78 valence electrons. The monoisotopic (exact) mass is 214 g/mol. The van der Waals surface area contributed by atoms with Crippen molar-refractivity contribution in [2.45, 2.75) is 31.5 Å². The normalized spacial score (nSPS) is 26.3. The standard InChI is InChI=1S/C8H13F3OS/c9-8(10,11)3-1-7(12)6-2-4-13-5-6/h6-7,12H,1-5H2. The molecule has 1 rings (SSSR count). The van der Waals surface area contributed by atoms with Crippen LogP contribution >= 0.6 is 11.8 Å². The van der Waals surface area contributed by atoms with Crippen molar-refractivity contribution < 1.29 is 18.3 Å². The summed E-state index contributed by atoms with van der Waals surface area (Å²) in [5.41, 5.74) is 0. The van der Waals surface area contributed by atoms with Crippen LogP contribution in [0.15, 0.2) is 0 Å². The third-order valence-corrected chi connectivity index (χ3v) is 3.42. The highest BCUT2D eigenvalue weighted by Crippen LogP contribution is 2.30. The zero-order valence-electron chi connectivity index (χ0n) is 7.18. The van der Waals surface area contributed by atoms with Gasteiger partial charge in [0.1, 0.15) is 0 Å². The van der Waals surface area contributed by atoms with E-state index in [0.29, 0.717) is 0 Å². The lowest BCUT2D eigenvalue weighted by Crippen LogP contribution is -2.22. The summed E-state index contributed by atoms with van der Waals surface area (Å²) in [6, 6.07) is 0. The van der Waals surface area contributed by atoms with Crippen LogP contribution in [0.25, 0.3) is 0 Å². The fourth-order valence-corrected chi connectivity index (χ4v) is 2.73. The number of thioether (sulfide) groups is 1. The number of hydrogen-bond acceptors (Lipinski definition) is 2. The van der Waals surface area contributed by atoms with E-state index in [1.54, 1.807) is 11.8 Å². The Morgan fingerprint density at radius 3 is 2.62 bits per heavy atom. The van der Waals surface area contributed by atoms with E-state index in [1.165, 1.54) is 0 Å². The topological polar surface area (TPSA) is 20.2 Å². The van der Waals surface area contributed by atoms with E-state index in [-0.39, 0.29) is 12.3 Å². The molecule has 13 heavy (non-hydrogen) atoms. The van der Waals surface area contributed by atoms with Crippen molar-refractivity contribution in [1.82, 2.24) is 0 Å². The summed E-state index contributed by atoms with van der Waals surface area (Å²) >= 11 is 1.70. The predicted molar refractivity (Wildman–Crippen MR) is 46.7 cm³/mol. The van der Waals surface area contributed by atoms with Gasteiger partial charge in [0.2, 0.25) is 0 Å². The van der Waals surface area contributed by atoms with Gasteiger partial charge < -0.3 is 5.11 Å². The summed E-state index contributed by atoms with van der Waals surface area (Å²) < 4.78 is 35.4. The highest BCUT2D eigenvalue weighted by Gasteiger charge is 2.31. The van der Waals surface area contributed by atoms with E-state index < -0.39 is 18.7 Å². The predicted octanol–water partition coefficient (Wildman–Crippen LogP) is 2.44. The lowest BCUT2D eigenvalue weighted by molar-refractivity contribution is -0.141. The first kappa shape index (κ1) is 11.2. The van der Waals surface area contributed by atoms with Crippen molar-refractivity contribution in [2.24, 2.45) is 5.92 Å². The van der Waals surface area contributed by atoms with E-state index in [4.69, 9.17) is 0 Å². The maximum atomic E-state index is 11.8. The van der Waals surface area contributed by atoms with Crippen LogP contribution in [-0.4, -0.2) is 28.9 Å². The molecule has 1 aliphatic rings. The van der Waals surface area contributed by atoms with Gasteiger partial charge in [-0.3, -0.25) is 0 Å². The Kier molecular flexibility index (Phi) is 3.91. The molecule has 1 fully saturated rings. The van der Waals surface area contributed by atoms with Crippen LogP contribution in [0, 0.1) is 5.92 Å². The highest BCUT2D eigenvalue weighted by molar-refractivity contribution is 7.99. The van der Waals surface area contributed by atoms with Crippen molar-refractivity contribution in [3.63, 3.8) is 0 Å². The SMILES string of the molecule is OC(CCC(F)(F)F)C1CCSC1. The van der Waals surface area contributed by atoms with Gasteiger partial charge in [-0.05, 0) is 30.3 Å². The molecule has 0 aromatic heterocycles. The molecule has 1 aliphatic heterocycles. The molecule has 2 unspecified atom stereocenters. The summed E-state index contributed by atoms with van der Waals surface area (Å²) in [6.45, 7) is 0. The molecule has 0 bridgehead atoms. The van der Waals surface area contributed by atoms with Gasteiger partial charge in [0.05, 0.1) is 6.10 Å². The van der Waals surface area contributed by atoms with Gasteiger partial charge in [-0.2, -0.15) is 24.9 Å². The quantitative estimate of drug-likeness (QED) is 0.778. The van der Waals surface area contributed by atoms with Gasteiger partial charge >= 0.3 is 6.18 Å². The lowest BCUT2D eigenvalue weighted by Gasteiger charge is -2.17. The van der Waals surface area contributed by atoms with Gasteiger partial charge in [-0.25, -0.2) is 0 Å². The zero-order valence-corrected chi connectivity index (χ0v) is 8.00. The van der Waals surface area contributed by atoms with Gasteiger partial charge in [-0.15, -0.1) is 0 Å². The number of aliphatic hydroxyl groups excluding tert-OH is 1. The second-order valence-electron chi connectivity index (χ2n) is 3.34. The van der Waals surface area contributed by atoms with E-state index >= 15 is 0 Å². The maximum Gasteiger partial charge on any atom is 0.389 e. The smallest absolute Gasteiger partial charge is 0.389 e. The maximum absolute atomic E-state index is 11.8. The largest absolute Gasteiger partial charge is 0.393 e. The second kappa shape index (κ2) is 4.55. The minimum absolute atomic E-state index is 0.0762. The molecule has 2 atom stereocenters. The fourth-order valence-electron chi connectivity index (χ4n) is 1.40. The van der Waals surface area contributed by atoms with Crippen molar-refractivity contribution in [1.29, 1.82) is 0 Å². The number of halogens is 3. The van der Waals surface area contributed by atoms with E-state index in [0.717, 1.165) is 17.9 Å². The molecule has 5 heteroatoms. The highest BCUT2D eigenvalue weighted by atomic mass is 32.2. The van der Waals surface area contributed by atoms with Crippen LogP contribution in [0.3, 0.4) is 0 Å². The molecule has 0 aromatic carbocycles. The number of rotatable bonds is 3. The van der Waals surface area contributed by atoms with Crippen LogP contribution in [-0.2, 0) is 0 Å². The molecular weight excluding hydrogens is 201 g/mol. The van der Waals surface area contributed by atoms with Crippen molar-refractivity contribution in [3.05, 3.63) is 0 Å². The minimum atomic E-state index is -4.13. The molecule has 0 saturated carbocycles. The average Bonchev–Trinajstić information content (AvgIpc) is 2.50. The Labute approximate surface area is 79.7 Å². The van der Waals surface area contributed by atoms with Crippen molar-refractivity contribution >= 4 is 11.8 Å². The second-order valence-corrected chi connectivity index (χ2v) is 4.49. The molecule has 0 amide bonds. The van der Waals surface area contributed by atoms with E-state index in [9.17, 15) is 18.3 Å². The van der Waals surface area contributed by atoms with Crippen LogP contribution < -0.4 is 0 Å². The Morgan fingerprint density at radius 2 is 2.15 bits per heavy atom. The summed E-state index contributed by atoms with van der Waals surface area (Å²) in [6.07, 6.45) is -5.06. The van der Waals surface area contributed by atoms with Gasteiger partial charge in [0.25, 0.3) is 0 Å². The van der Waals surface area contributed by atoms with Gasteiger partial charge in [-0.1, -0.05) is 0 Å². The molecule has 1 N–H and O–H groups in total. The molecule has 1 nitrogen and oxygen atoms in total. The Morgan fingerprint density at radius 1 is 1.46 bits per heavy atom. The van der Waals surface area contributed by atoms with Crippen molar-refractivity contribution in [3.8, 4) is 0 Å². The number of hydrogen-bond donors (Lipinski definition) is 1. The van der Waals surface area contributed by atoms with E-state index in [2.05, 4.69) is 0 Å². The van der Waals surface area contributed by atoms with Crippen LogP contribution in [0.4, 0.5) is 13.2 Å². The lowest BCUT2D eigenvalue weighted by atomic mass is 9.98. The molecular formula is C8H13F3OS. The number of alkyl halides is 3. The Hall–Kier alpha value is 0.100. The molecule has 0 spiro atoms. The number of aliphatic hydroxyl groups is 1. The zero-order chi connectivity index (χ0) is 9.90. The molecule has 0 radical (unpaired) electrons. The third kappa shape index (κ3) is 4.22. The summed E-state index contributed by atoms with van der Waals surface area (Å²) in [5.74, 6) is 1.85. The molecule has 1 saturated heterocycles. The average molecular weight is 214 g/mol. The van der Waals surface area contributed by atoms with Crippen molar-refractivity contribution in [2.75, 3.05) is 11.5 Å². The third-order valence-electron chi connectivity index (χ3n) is 2.23. The Balaban J connectivity index is 2.20.